The SMILES string of the molecule is CC(C)(C)NC(=O)Nc1ccccc1OCCNC(N)=O. The molecule has 0 saturated heterocycles. The Hall–Kier alpha value is -2.44. The molecule has 4 amide bonds. The maximum absolute atomic E-state index is 11.8. The fourth-order valence-corrected chi connectivity index (χ4v) is 1.53. The van der Waals surface area contributed by atoms with E-state index >= 15 is 0 Å². The first-order chi connectivity index (χ1) is 9.78. The first-order valence-corrected chi connectivity index (χ1v) is 6.62. The Morgan fingerprint density at radius 3 is 2.52 bits per heavy atom. The lowest BCUT2D eigenvalue weighted by atomic mass is 10.1. The predicted molar refractivity (Wildman–Crippen MR) is 81.4 cm³/mol. The number of nitrogens with one attached hydrogen (secondary N) is 3. The molecule has 0 unspecified atom stereocenters. The van der Waals surface area contributed by atoms with Gasteiger partial charge in [-0.1, -0.05) is 12.1 Å². The number of hydrogen-bond acceptors (Lipinski definition) is 3. The third-order valence-electron chi connectivity index (χ3n) is 2.28. The van der Waals surface area contributed by atoms with Crippen LogP contribution in [0.25, 0.3) is 0 Å². The highest BCUT2D eigenvalue weighted by Gasteiger charge is 2.14. The van der Waals surface area contributed by atoms with E-state index in [4.69, 9.17) is 10.5 Å². The van der Waals surface area contributed by atoms with Gasteiger partial charge in [0.2, 0.25) is 0 Å². The van der Waals surface area contributed by atoms with Crippen molar-refractivity contribution in [3.63, 3.8) is 0 Å². The van der Waals surface area contributed by atoms with Crippen molar-refractivity contribution in [2.75, 3.05) is 18.5 Å². The van der Waals surface area contributed by atoms with Gasteiger partial charge in [0.05, 0.1) is 12.2 Å². The van der Waals surface area contributed by atoms with Gasteiger partial charge < -0.3 is 26.4 Å². The summed E-state index contributed by atoms with van der Waals surface area (Å²) in [5.41, 5.74) is 5.18. The molecule has 0 radical (unpaired) electrons. The number of nitrogens with two attached hydrogens (primary N) is 1. The summed E-state index contributed by atoms with van der Waals surface area (Å²) in [6.07, 6.45) is 0. The van der Waals surface area contributed by atoms with Gasteiger partial charge in [-0.25, -0.2) is 9.59 Å². The summed E-state index contributed by atoms with van der Waals surface area (Å²) in [7, 11) is 0. The molecule has 0 bridgehead atoms. The molecule has 1 aromatic rings. The molecule has 0 aliphatic heterocycles. The molecule has 5 N–H and O–H groups in total. The number of amides is 4. The Bertz CT molecular complexity index is 497. The van der Waals surface area contributed by atoms with Crippen LogP contribution < -0.4 is 26.4 Å². The number of benzene rings is 1. The number of primary amides is 1. The number of ether oxygens (including phenoxy) is 1. The molecule has 7 nitrogen and oxygen atoms in total. The largest absolute Gasteiger partial charge is 0.490 e. The van der Waals surface area contributed by atoms with Crippen molar-refractivity contribution < 1.29 is 14.3 Å². The highest BCUT2D eigenvalue weighted by molar-refractivity contribution is 5.91. The van der Waals surface area contributed by atoms with Crippen molar-refractivity contribution in [2.24, 2.45) is 5.73 Å². The minimum Gasteiger partial charge on any atom is -0.490 e. The van der Waals surface area contributed by atoms with Crippen molar-refractivity contribution in [2.45, 2.75) is 26.3 Å². The zero-order chi connectivity index (χ0) is 15.9. The van der Waals surface area contributed by atoms with E-state index in [1.54, 1.807) is 24.3 Å². The van der Waals surface area contributed by atoms with Crippen LogP contribution in [0.15, 0.2) is 24.3 Å². The van der Waals surface area contributed by atoms with Crippen LogP contribution in [0.1, 0.15) is 20.8 Å². The molecule has 7 heteroatoms. The van der Waals surface area contributed by atoms with E-state index in [1.165, 1.54) is 0 Å². The quantitative estimate of drug-likeness (QED) is 0.620. The Morgan fingerprint density at radius 2 is 1.90 bits per heavy atom. The number of para-hydroxylation sites is 2. The van der Waals surface area contributed by atoms with Crippen molar-refractivity contribution in [3.05, 3.63) is 24.3 Å². The lowest BCUT2D eigenvalue weighted by molar-refractivity contribution is 0.243. The lowest BCUT2D eigenvalue weighted by Crippen LogP contribution is -2.43. The van der Waals surface area contributed by atoms with Gasteiger partial charge in [0.15, 0.2) is 0 Å². The van der Waals surface area contributed by atoms with Crippen LogP contribution in [0, 0.1) is 0 Å². The summed E-state index contributed by atoms with van der Waals surface area (Å²) in [5, 5.41) is 7.95. The minimum atomic E-state index is -0.602. The van der Waals surface area contributed by atoms with Gasteiger partial charge in [0, 0.05) is 5.54 Å². The second kappa shape index (κ2) is 7.37. The number of anilines is 1. The maximum Gasteiger partial charge on any atom is 0.319 e. The average molecular weight is 294 g/mol. The van der Waals surface area contributed by atoms with Crippen molar-refractivity contribution in [1.29, 1.82) is 0 Å². The molecule has 116 valence electrons. The van der Waals surface area contributed by atoms with Crippen LogP contribution in [0.4, 0.5) is 15.3 Å². The van der Waals surface area contributed by atoms with Gasteiger partial charge >= 0.3 is 12.1 Å². The van der Waals surface area contributed by atoms with Crippen LogP contribution >= 0.6 is 0 Å². The van der Waals surface area contributed by atoms with Crippen molar-refractivity contribution >= 4 is 17.7 Å². The molecule has 0 aliphatic rings. The van der Waals surface area contributed by atoms with Crippen LogP contribution in [0.3, 0.4) is 0 Å². The number of rotatable bonds is 5. The van der Waals surface area contributed by atoms with Crippen LogP contribution in [-0.4, -0.2) is 30.8 Å². The first-order valence-electron chi connectivity index (χ1n) is 6.62. The van der Waals surface area contributed by atoms with E-state index in [0.717, 1.165) is 0 Å². The van der Waals surface area contributed by atoms with Crippen molar-refractivity contribution in [1.82, 2.24) is 10.6 Å². The van der Waals surface area contributed by atoms with Gasteiger partial charge in [-0.2, -0.15) is 0 Å². The molecule has 0 aromatic heterocycles. The summed E-state index contributed by atoms with van der Waals surface area (Å²) < 4.78 is 5.51. The smallest absolute Gasteiger partial charge is 0.319 e. The number of urea groups is 2. The van der Waals surface area contributed by atoms with Gasteiger partial charge in [-0.3, -0.25) is 0 Å². The Balaban J connectivity index is 2.58. The minimum absolute atomic E-state index is 0.253. The molecule has 0 saturated carbocycles. The average Bonchev–Trinajstić information content (AvgIpc) is 2.33. The third kappa shape index (κ3) is 7.05. The predicted octanol–water partition coefficient (Wildman–Crippen LogP) is 1.65. The Morgan fingerprint density at radius 1 is 1.24 bits per heavy atom. The fourth-order valence-electron chi connectivity index (χ4n) is 1.53. The molecule has 1 aromatic carbocycles. The zero-order valence-electron chi connectivity index (χ0n) is 12.5. The molecule has 0 aliphatic carbocycles. The topological polar surface area (TPSA) is 105 Å². The summed E-state index contributed by atoms with van der Waals surface area (Å²) in [5.74, 6) is 0.521. The number of hydrogen-bond donors (Lipinski definition) is 4. The normalized spacial score (nSPS) is 10.6. The highest BCUT2D eigenvalue weighted by Crippen LogP contribution is 2.23. The van der Waals surface area contributed by atoms with Gasteiger partial charge in [0.1, 0.15) is 12.4 Å². The molecule has 0 spiro atoms. The number of carbonyl (C=O) groups is 2. The van der Waals surface area contributed by atoms with E-state index in [1.807, 2.05) is 20.8 Å². The molecular formula is C14H22N4O3. The van der Waals surface area contributed by atoms with Crippen molar-refractivity contribution in [3.8, 4) is 5.75 Å². The van der Waals surface area contributed by atoms with E-state index in [-0.39, 0.29) is 24.7 Å². The summed E-state index contributed by atoms with van der Waals surface area (Å²) in [6, 6.07) is 6.14. The molecule has 0 fully saturated rings. The molecule has 1 rings (SSSR count). The second-order valence-corrected chi connectivity index (χ2v) is 5.46. The lowest BCUT2D eigenvalue weighted by Gasteiger charge is -2.21. The number of carbonyl (C=O) groups excluding carboxylic acids is 2. The van der Waals surface area contributed by atoms with E-state index in [2.05, 4.69) is 16.0 Å². The van der Waals surface area contributed by atoms with E-state index in [0.29, 0.717) is 11.4 Å². The second-order valence-electron chi connectivity index (χ2n) is 5.46. The Kier molecular flexibility index (Phi) is 5.83. The molecule has 21 heavy (non-hydrogen) atoms. The zero-order valence-corrected chi connectivity index (χ0v) is 12.5. The van der Waals surface area contributed by atoms with Crippen LogP contribution in [0.5, 0.6) is 5.75 Å². The van der Waals surface area contributed by atoms with E-state index < -0.39 is 6.03 Å². The highest BCUT2D eigenvalue weighted by atomic mass is 16.5. The molecule has 0 atom stereocenters. The third-order valence-corrected chi connectivity index (χ3v) is 2.28. The van der Waals surface area contributed by atoms with E-state index in [9.17, 15) is 9.59 Å². The standard InChI is InChI=1S/C14H22N4O3/c1-14(2,3)18-13(20)17-10-6-4-5-7-11(10)21-9-8-16-12(15)19/h4-7H,8-9H2,1-3H3,(H3,15,16,19)(H2,17,18,20). The van der Waals surface area contributed by atoms with Crippen LogP contribution in [-0.2, 0) is 0 Å². The monoisotopic (exact) mass is 294 g/mol. The van der Waals surface area contributed by atoms with Gasteiger partial charge in [-0.15, -0.1) is 0 Å². The fraction of sp³-hybridized carbons (Fsp3) is 0.429. The Labute approximate surface area is 124 Å². The first kappa shape index (κ1) is 16.6. The maximum atomic E-state index is 11.8. The van der Waals surface area contributed by atoms with Gasteiger partial charge in [0.25, 0.3) is 0 Å². The van der Waals surface area contributed by atoms with Gasteiger partial charge in [-0.05, 0) is 32.9 Å². The summed E-state index contributed by atoms with van der Waals surface area (Å²) >= 11 is 0. The summed E-state index contributed by atoms with van der Waals surface area (Å²) in [4.78, 5) is 22.4. The molecule has 0 heterocycles. The van der Waals surface area contributed by atoms with Crippen LogP contribution in [0.2, 0.25) is 0 Å². The summed E-state index contributed by atoms with van der Waals surface area (Å²) in [6.45, 7) is 6.22. The molecular weight excluding hydrogens is 272 g/mol.